The van der Waals surface area contributed by atoms with Crippen molar-refractivity contribution in [2.75, 3.05) is 28.4 Å². The van der Waals surface area contributed by atoms with E-state index in [0.29, 0.717) is 0 Å². The van der Waals surface area contributed by atoms with Crippen molar-refractivity contribution in [3.8, 4) is 45.3 Å². The molecule has 6 nitrogen and oxygen atoms in total. The van der Waals surface area contributed by atoms with Crippen molar-refractivity contribution in [2.24, 2.45) is 0 Å². The van der Waals surface area contributed by atoms with Crippen molar-refractivity contribution >= 4 is 22.8 Å². The predicted molar refractivity (Wildman–Crippen MR) is 114 cm³/mol. The second-order valence-corrected chi connectivity index (χ2v) is 6.78. The largest absolute Gasteiger partial charge is 0.497 e. The highest BCUT2D eigenvalue weighted by Gasteiger charge is 2.19. The highest BCUT2D eigenvalue weighted by molar-refractivity contribution is 7.00. The highest BCUT2D eigenvalue weighted by Crippen LogP contribution is 2.42. The molecule has 7 heteroatoms. The van der Waals surface area contributed by atoms with Crippen LogP contribution in [0, 0.1) is 0 Å². The van der Waals surface area contributed by atoms with Gasteiger partial charge in [0.1, 0.15) is 34.0 Å². The fourth-order valence-electron chi connectivity index (χ4n) is 3.35. The third kappa shape index (κ3) is 3.34. The molecule has 4 aromatic rings. The Balaban J connectivity index is 1.95. The second-order valence-electron chi connectivity index (χ2n) is 6.25. The van der Waals surface area contributed by atoms with Crippen molar-refractivity contribution in [2.45, 2.75) is 0 Å². The number of rotatable bonds is 6. The Kier molecular flexibility index (Phi) is 5.22. The van der Waals surface area contributed by atoms with Crippen molar-refractivity contribution in [1.82, 2.24) is 8.75 Å². The van der Waals surface area contributed by atoms with Gasteiger partial charge in [-0.2, -0.15) is 8.75 Å². The minimum Gasteiger partial charge on any atom is -0.497 e. The Labute approximate surface area is 173 Å². The van der Waals surface area contributed by atoms with Gasteiger partial charge < -0.3 is 18.9 Å². The number of aromatic nitrogens is 2. The first-order valence-corrected chi connectivity index (χ1v) is 9.63. The van der Waals surface area contributed by atoms with Crippen LogP contribution < -0.4 is 18.9 Å². The van der Waals surface area contributed by atoms with Crippen LogP contribution in [0.4, 0.5) is 0 Å². The van der Waals surface area contributed by atoms with E-state index in [1.165, 1.54) is 11.7 Å². The molecule has 0 N–H and O–H groups in total. The Hall–Kier alpha value is -3.32. The van der Waals surface area contributed by atoms with Gasteiger partial charge in [-0.1, -0.05) is 12.1 Å². The minimum atomic E-state index is 0.742. The van der Waals surface area contributed by atoms with Gasteiger partial charge in [0.15, 0.2) is 0 Å². The Morgan fingerprint density at radius 1 is 0.552 bits per heavy atom. The minimum absolute atomic E-state index is 0.742. The fraction of sp³-hybridized carbons (Fsp3) is 0.182. The van der Waals surface area contributed by atoms with Crippen molar-refractivity contribution in [3.63, 3.8) is 0 Å². The molecule has 0 saturated carbocycles. The third-order valence-corrected chi connectivity index (χ3v) is 5.34. The van der Waals surface area contributed by atoms with E-state index in [0.717, 1.165) is 56.3 Å². The summed E-state index contributed by atoms with van der Waals surface area (Å²) in [5.41, 5.74) is 5.24. The number of ether oxygens (including phenoxy) is 4. The molecule has 0 fully saturated rings. The molecule has 29 heavy (non-hydrogen) atoms. The van der Waals surface area contributed by atoms with Crippen LogP contribution in [0.3, 0.4) is 0 Å². The first-order chi connectivity index (χ1) is 14.2. The second kappa shape index (κ2) is 7.97. The number of fused-ring (bicyclic) bond motifs is 1. The zero-order valence-electron chi connectivity index (χ0n) is 16.6. The summed E-state index contributed by atoms with van der Waals surface area (Å²) in [5, 5.41) is 0. The maximum absolute atomic E-state index is 5.57. The fourth-order valence-corrected chi connectivity index (χ4v) is 3.92. The van der Waals surface area contributed by atoms with Crippen LogP contribution in [-0.2, 0) is 0 Å². The van der Waals surface area contributed by atoms with Gasteiger partial charge in [0.05, 0.1) is 40.2 Å². The van der Waals surface area contributed by atoms with E-state index in [9.17, 15) is 0 Å². The number of hydrogen-bond acceptors (Lipinski definition) is 7. The molecule has 0 atom stereocenters. The summed E-state index contributed by atoms with van der Waals surface area (Å²) in [6.07, 6.45) is 0. The molecule has 1 aromatic heterocycles. The van der Waals surface area contributed by atoms with Gasteiger partial charge in [-0.25, -0.2) is 0 Å². The van der Waals surface area contributed by atoms with E-state index in [1.807, 2.05) is 48.5 Å². The quantitative estimate of drug-likeness (QED) is 0.444. The molecule has 0 aliphatic heterocycles. The van der Waals surface area contributed by atoms with E-state index < -0.39 is 0 Å². The van der Waals surface area contributed by atoms with E-state index in [-0.39, 0.29) is 0 Å². The van der Waals surface area contributed by atoms with E-state index in [4.69, 9.17) is 18.9 Å². The summed E-state index contributed by atoms with van der Waals surface area (Å²) < 4.78 is 31.1. The van der Waals surface area contributed by atoms with Crippen molar-refractivity contribution in [1.29, 1.82) is 0 Å². The summed E-state index contributed by atoms with van der Waals surface area (Å²) in [5.74, 6) is 2.98. The van der Waals surface area contributed by atoms with Gasteiger partial charge in [0.2, 0.25) is 0 Å². The molecule has 0 amide bonds. The van der Waals surface area contributed by atoms with Crippen LogP contribution in [0.1, 0.15) is 0 Å². The van der Waals surface area contributed by atoms with Gasteiger partial charge in [-0.15, -0.1) is 0 Å². The maximum atomic E-state index is 5.57. The zero-order chi connectivity index (χ0) is 20.4. The van der Waals surface area contributed by atoms with Gasteiger partial charge in [-0.05, 0) is 36.4 Å². The molecular formula is C22H20N2O4S. The average Bonchev–Trinajstić information content (AvgIpc) is 3.27. The summed E-state index contributed by atoms with van der Waals surface area (Å²) in [6.45, 7) is 0. The molecule has 1 heterocycles. The maximum Gasteiger partial charge on any atom is 0.127 e. The number of hydrogen-bond donors (Lipinski definition) is 0. The first kappa shape index (κ1) is 19.0. The Bertz CT molecular complexity index is 1080. The lowest BCUT2D eigenvalue weighted by Crippen LogP contribution is -1.93. The van der Waals surface area contributed by atoms with Crippen LogP contribution >= 0.6 is 11.7 Å². The monoisotopic (exact) mass is 408 g/mol. The molecule has 3 aromatic carbocycles. The van der Waals surface area contributed by atoms with Crippen molar-refractivity contribution in [3.05, 3.63) is 48.5 Å². The molecule has 0 bridgehead atoms. The SMILES string of the molecule is COc1ccc(OC)c(-c2ccc(-c3cc(OC)ccc3OC)c3nsnc23)c1. The van der Waals surface area contributed by atoms with Gasteiger partial charge in [0.25, 0.3) is 0 Å². The molecule has 148 valence electrons. The van der Waals surface area contributed by atoms with Gasteiger partial charge in [0, 0.05) is 22.3 Å². The van der Waals surface area contributed by atoms with Crippen LogP contribution in [0.2, 0.25) is 0 Å². The Morgan fingerprint density at radius 3 is 1.38 bits per heavy atom. The molecule has 0 spiro atoms. The molecule has 0 aliphatic rings. The van der Waals surface area contributed by atoms with Crippen LogP contribution in [0.25, 0.3) is 33.3 Å². The van der Waals surface area contributed by atoms with Gasteiger partial charge >= 0.3 is 0 Å². The van der Waals surface area contributed by atoms with Crippen LogP contribution in [0.5, 0.6) is 23.0 Å². The topological polar surface area (TPSA) is 62.7 Å². The van der Waals surface area contributed by atoms with Gasteiger partial charge in [-0.3, -0.25) is 0 Å². The van der Waals surface area contributed by atoms with Crippen LogP contribution in [-0.4, -0.2) is 37.2 Å². The van der Waals surface area contributed by atoms with Crippen LogP contribution in [0.15, 0.2) is 48.5 Å². The average molecular weight is 408 g/mol. The smallest absolute Gasteiger partial charge is 0.127 e. The van der Waals surface area contributed by atoms with E-state index in [1.54, 1.807) is 28.4 Å². The Morgan fingerprint density at radius 2 is 1.00 bits per heavy atom. The molecule has 0 saturated heterocycles. The summed E-state index contributed by atoms with van der Waals surface area (Å²) in [7, 11) is 6.59. The molecule has 0 radical (unpaired) electrons. The molecule has 0 aliphatic carbocycles. The number of nitrogens with zero attached hydrogens (tertiary/aromatic N) is 2. The zero-order valence-corrected chi connectivity index (χ0v) is 17.4. The number of methoxy groups -OCH3 is 4. The summed E-state index contributed by atoms with van der Waals surface area (Å²) >= 11 is 1.17. The molecule has 0 unspecified atom stereocenters. The van der Waals surface area contributed by atoms with Crippen molar-refractivity contribution < 1.29 is 18.9 Å². The van der Waals surface area contributed by atoms with E-state index >= 15 is 0 Å². The number of benzene rings is 3. The standard InChI is InChI=1S/C22H20N2O4S/c1-25-13-5-9-19(27-3)17(11-13)15-7-8-16(22-21(15)23-29-24-22)18-12-14(26-2)6-10-20(18)28-4/h5-12H,1-4H3. The first-order valence-electron chi connectivity index (χ1n) is 8.90. The normalized spacial score (nSPS) is 10.8. The summed E-state index contributed by atoms with van der Waals surface area (Å²) in [4.78, 5) is 0. The lowest BCUT2D eigenvalue weighted by atomic mass is 9.96. The molecular weight excluding hydrogens is 388 g/mol. The molecule has 4 rings (SSSR count). The van der Waals surface area contributed by atoms with E-state index in [2.05, 4.69) is 8.75 Å². The lowest BCUT2D eigenvalue weighted by Gasteiger charge is -2.14. The predicted octanol–water partition coefficient (Wildman–Crippen LogP) is 5.06. The third-order valence-electron chi connectivity index (χ3n) is 4.81. The highest BCUT2D eigenvalue weighted by atomic mass is 32.1. The summed E-state index contributed by atoms with van der Waals surface area (Å²) in [6, 6.07) is 15.4. The lowest BCUT2D eigenvalue weighted by molar-refractivity contribution is 0.404.